The number of hydrogen-bond acceptors (Lipinski definition) is 6. The van der Waals surface area contributed by atoms with Crippen molar-refractivity contribution in [3.05, 3.63) is 47.0 Å². The highest BCUT2D eigenvalue weighted by molar-refractivity contribution is 6.32. The van der Waals surface area contributed by atoms with Crippen LogP contribution in [0.1, 0.15) is 18.0 Å². The molecule has 3 N–H and O–H groups in total. The van der Waals surface area contributed by atoms with E-state index in [0.29, 0.717) is 34.4 Å². The summed E-state index contributed by atoms with van der Waals surface area (Å²) in [5, 5.41) is 3.30. The lowest BCUT2D eigenvalue weighted by molar-refractivity contribution is -0.117. The van der Waals surface area contributed by atoms with Gasteiger partial charge >= 0.3 is 0 Å². The molecule has 7 nitrogen and oxygen atoms in total. The first kappa shape index (κ1) is 19.3. The van der Waals surface area contributed by atoms with Gasteiger partial charge in [-0.1, -0.05) is 17.7 Å². The Morgan fingerprint density at radius 3 is 2.48 bits per heavy atom. The minimum absolute atomic E-state index is 0.0685. The molecule has 1 fully saturated rings. The number of hydrazine groups is 1. The molecule has 1 saturated heterocycles. The zero-order valence-corrected chi connectivity index (χ0v) is 16.1. The summed E-state index contributed by atoms with van der Waals surface area (Å²) in [6.45, 7) is 0. The fourth-order valence-electron chi connectivity index (χ4n) is 3.01. The summed E-state index contributed by atoms with van der Waals surface area (Å²) in [4.78, 5) is 12.6. The minimum Gasteiger partial charge on any atom is -0.497 e. The summed E-state index contributed by atoms with van der Waals surface area (Å²) in [6.07, 6.45) is 0.568. The summed E-state index contributed by atoms with van der Waals surface area (Å²) in [7, 11) is 4.76. The number of nitrogens with one attached hydrogen (secondary N) is 3. The molecule has 0 saturated carbocycles. The molecule has 3 rings (SSSR count). The Kier molecular flexibility index (Phi) is 6.05. The molecule has 1 amide bonds. The number of carbonyl (C=O) groups is 1. The summed E-state index contributed by atoms with van der Waals surface area (Å²) in [6, 6.07) is 10.3. The van der Waals surface area contributed by atoms with Crippen molar-refractivity contribution in [1.29, 1.82) is 0 Å². The molecule has 0 aliphatic carbocycles. The molecular formula is C19H22ClN3O4. The Balaban J connectivity index is 1.67. The van der Waals surface area contributed by atoms with E-state index in [2.05, 4.69) is 16.2 Å². The zero-order valence-electron chi connectivity index (χ0n) is 15.3. The highest BCUT2D eigenvalue weighted by Crippen LogP contribution is 2.33. The van der Waals surface area contributed by atoms with Crippen molar-refractivity contribution in [3.8, 4) is 17.2 Å². The second kappa shape index (κ2) is 8.47. The smallest absolute Gasteiger partial charge is 0.242 e. The molecule has 2 aromatic rings. The van der Waals surface area contributed by atoms with Crippen LogP contribution >= 0.6 is 11.6 Å². The van der Waals surface area contributed by atoms with E-state index in [9.17, 15) is 4.79 Å². The molecule has 1 aliphatic rings. The first-order valence-electron chi connectivity index (χ1n) is 8.43. The Hall–Kier alpha value is -2.48. The van der Waals surface area contributed by atoms with Crippen molar-refractivity contribution >= 4 is 23.2 Å². The van der Waals surface area contributed by atoms with Crippen LogP contribution in [0.2, 0.25) is 5.02 Å². The molecule has 8 heteroatoms. The lowest BCUT2D eigenvalue weighted by atomic mass is 10.0. The molecule has 0 spiro atoms. The van der Waals surface area contributed by atoms with Gasteiger partial charge in [-0.15, -0.1) is 0 Å². The van der Waals surface area contributed by atoms with E-state index in [1.165, 1.54) is 0 Å². The highest BCUT2D eigenvalue weighted by Gasteiger charge is 2.31. The zero-order chi connectivity index (χ0) is 19.4. The maximum atomic E-state index is 12.6. The Labute approximate surface area is 162 Å². The molecule has 0 bridgehead atoms. The Morgan fingerprint density at radius 2 is 1.81 bits per heavy atom. The third kappa shape index (κ3) is 4.27. The average Bonchev–Trinajstić information content (AvgIpc) is 3.17. The van der Waals surface area contributed by atoms with Crippen LogP contribution in [-0.4, -0.2) is 33.3 Å². The van der Waals surface area contributed by atoms with Crippen LogP contribution in [0.4, 0.5) is 5.69 Å². The number of methoxy groups -OCH3 is 3. The predicted octanol–water partition coefficient (Wildman–Crippen LogP) is 2.91. The number of halogens is 1. The van der Waals surface area contributed by atoms with Gasteiger partial charge in [0.25, 0.3) is 0 Å². The second-order valence-corrected chi connectivity index (χ2v) is 6.48. The van der Waals surface area contributed by atoms with Gasteiger partial charge < -0.3 is 19.5 Å². The fourth-order valence-corrected chi connectivity index (χ4v) is 3.27. The largest absolute Gasteiger partial charge is 0.497 e. The molecule has 0 aromatic heterocycles. The van der Waals surface area contributed by atoms with Crippen LogP contribution in [0.15, 0.2) is 36.4 Å². The van der Waals surface area contributed by atoms with E-state index in [0.717, 1.165) is 5.56 Å². The molecule has 0 radical (unpaired) electrons. The predicted molar refractivity (Wildman–Crippen MR) is 104 cm³/mol. The SMILES string of the molecule is COc1ccc(C2CC(C(=O)Nc3ccc(OC)c(Cl)c3)NN2)c(OC)c1. The standard InChI is InChI=1S/C19H22ClN3O4/c1-25-12-5-6-13(18(9-12)27-3)15-10-16(23-22-15)19(24)21-11-4-7-17(26-2)14(20)8-11/h4-9,15-16,22-23H,10H2,1-3H3,(H,21,24). The summed E-state index contributed by atoms with van der Waals surface area (Å²) >= 11 is 6.11. The minimum atomic E-state index is -0.400. The number of hydrogen-bond donors (Lipinski definition) is 3. The van der Waals surface area contributed by atoms with Crippen LogP contribution in [0, 0.1) is 0 Å². The highest BCUT2D eigenvalue weighted by atomic mass is 35.5. The first-order chi connectivity index (χ1) is 13.0. The molecule has 2 atom stereocenters. The molecule has 144 valence electrons. The second-order valence-electron chi connectivity index (χ2n) is 6.08. The lowest BCUT2D eigenvalue weighted by Gasteiger charge is -2.15. The Morgan fingerprint density at radius 1 is 1.04 bits per heavy atom. The van der Waals surface area contributed by atoms with Crippen molar-refractivity contribution in [2.45, 2.75) is 18.5 Å². The third-order valence-electron chi connectivity index (χ3n) is 4.46. The van der Waals surface area contributed by atoms with Gasteiger partial charge in [0, 0.05) is 17.3 Å². The molecule has 1 aliphatic heterocycles. The van der Waals surface area contributed by atoms with Crippen molar-refractivity contribution in [2.75, 3.05) is 26.6 Å². The molecule has 2 unspecified atom stereocenters. The van der Waals surface area contributed by atoms with Crippen molar-refractivity contribution < 1.29 is 19.0 Å². The first-order valence-corrected chi connectivity index (χ1v) is 8.81. The quantitative estimate of drug-likeness (QED) is 0.702. The monoisotopic (exact) mass is 391 g/mol. The van der Waals surface area contributed by atoms with Gasteiger partial charge in [0.1, 0.15) is 23.3 Å². The topological polar surface area (TPSA) is 80.9 Å². The van der Waals surface area contributed by atoms with E-state index in [-0.39, 0.29) is 11.9 Å². The average molecular weight is 392 g/mol. The van der Waals surface area contributed by atoms with E-state index >= 15 is 0 Å². The van der Waals surface area contributed by atoms with Gasteiger partial charge in [-0.3, -0.25) is 4.79 Å². The van der Waals surface area contributed by atoms with Gasteiger partial charge in [-0.2, -0.15) is 0 Å². The van der Waals surface area contributed by atoms with Gasteiger partial charge in [-0.25, -0.2) is 10.9 Å². The van der Waals surface area contributed by atoms with E-state index < -0.39 is 6.04 Å². The number of anilines is 1. The third-order valence-corrected chi connectivity index (χ3v) is 4.75. The van der Waals surface area contributed by atoms with Crippen LogP contribution in [0.3, 0.4) is 0 Å². The van der Waals surface area contributed by atoms with E-state index in [1.807, 2.05) is 18.2 Å². The number of carbonyl (C=O) groups excluding carboxylic acids is 1. The van der Waals surface area contributed by atoms with Crippen LogP contribution in [0.25, 0.3) is 0 Å². The Bertz CT molecular complexity index is 831. The van der Waals surface area contributed by atoms with Crippen molar-refractivity contribution in [1.82, 2.24) is 10.9 Å². The molecule has 27 heavy (non-hydrogen) atoms. The van der Waals surface area contributed by atoms with Gasteiger partial charge in [0.2, 0.25) is 5.91 Å². The van der Waals surface area contributed by atoms with Crippen LogP contribution < -0.4 is 30.4 Å². The normalized spacial score (nSPS) is 18.8. The van der Waals surface area contributed by atoms with Gasteiger partial charge in [-0.05, 0) is 30.7 Å². The van der Waals surface area contributed by atoms with Crippen LogP contribution in [-0.2, 0) is 4.79 Å². The summed E-state index contributed by atoms with van der Waals surface area (Å²) in [5.41, 5.74) is 7.75. The summed E-state index contributed by atoms with van der Waals surface area (Å²) < 4.78 is 15.8. The van der Waals surface area contributed by atoms with E-state index in [4.69, 9.17) is 25.8 Å². The number of rotatable bonds is 6. The van der Waals surface area contributed by atoms with Crippen molar-refractivity contribution in [2.24, 2.45) is 0 Å². The molecule has 2 aromatic carbocycles. The maximum absolute atomic E-state index is 12.6. The van der Waals surface area contributed by atoms with Crippen molar-refractivity contribution in [3.63, 3.8) is 0 Å². The number of benzene rings is 2. The maximum Gasteiger partial charge on any atom is 0.242 e. The number of amides is 1. The van der Waals surface area contributed by atoms with E-state index in [1.54, 1.807) is 39.5 Å². The number of ether oxygens (including phenoxy) is 3. The van der Waals surface area contributed by atoms with Gasteiger partial charge in [0.05, 0.1) is 32.4 Å². The van der Waals surface area contributed by atoms with Crippen LogP contribution in [0.5, 0.6) is 17.2 Å². The molecule has 1 heterocycles. The summed E-state index contributed by atoms with van der Waals surface area (Å²) in [5.74, 6) is 1.82. The fraction of sp³-hybridized carbons (Fsp3) is 0.316. The molecular weight excluding hydrogens is 370 g/mol. The van der Waals surface area contributed by atoms with Gasteiger partial charge in [0.15, 0.2) is 0 Å². The lowest BCUT2D eigenvalue weighted by Crippen LogP contribution is -2.39.